The molecule has 1 aromatic carbocycles. The third kappa shape index (κ3) is 3.05. The maximum Gasteiger partial charge on any atom is 0.0417 e. The van der Waals surface area contributed by atoms with Crippen molar-refractivity contribution in [2.45, 2.75) is 25.4 Å². The Morgan fingerprint density at radius 2 is 2.22 bits per heavy atom. The molecule has 1 unspecified atom stereocenters. The van der Waals surface area contributed by atoms with Crippen LogP contribution in [0.25, 0.3) is 0 Å². The average Bonchev–Trinajstić information content (AvgIpc) is 2.76. The summed E-state index contributed by atoms with van der Waals surface area (Å²) >= 11 is 3.61. The van der Waals surface area contributed by atoms with E-state index < -0.39 is 0 Å². The third-order valence-corrected chi connectivity index (χ3v) is 4.28. The lowest BCUT2D eigenvalue weighted by atomic mass is 10.1. The molecule has 0 aliphatic carbocycles. The Hall–Kier alpha value is -0.580. The number of halogens is 1. The van der Waals surface area contributed by atoms with Gasteiger partial charge in [0.1, 0.15) is 0 Å². The van der Waals surface area contributed by atoms with Crippen LogP contribution in [0.3, 0.4) is 0 Å². The van der Waals surface area contributed by atoms with E-state index in [0.717, 1.165) is 17.6 Å². The van der Waals surface area contributed by atoms with Crippen molar-refractivity contribution in [3.63, 3.8) is 0 Å². The Balaban J connectivity index is 2.17. The van der Waals surface area contributed by atoms with Crippen LogP contribution >= 0.6 is 15.9 Å². The van der Waals surface area contributed by atoms with Gasteiger partial charge in [0.15, 0.2) is 0 Å². The molecule has 1 aliphatic heterocycles. The molecule has 1 fully saturated rings. The number of benzene rings is 1. The summed E-state index contributed by atoms with van der Waals surface area (Å²) in [5.74, 6) is 0. The molecule has 0 spiro atoms. The van der Waals surface area contributed by atoms with Crippen LogP contribution < -0.4 is 10.6 Å². The number of rotatable bonds is 4. The van der Waals surface area contributed by atoms with Gasteiger partial charge in [0.05, 0.1) is 0 Å². The van der Waals surface area contributed by atoms with Crippen LogP contribution in [0.4, 0.5) is 5.69 Å². The Morgan fingerprint density at radius 1 is 1.44 bits per heavy atom. The van der Waals surface area contributed by atoms with E-state index in [9.17, 15) is 0 Å². The van der Waals surface area contributed by atoms with E-state index in [1.54, 1.807) is 0 Å². The largest absolute Gasteiger partial charge is 0.367 e. The minimum Gasteiger partial charge on any atom is -0.367 e. The lowest BCUT2D eigenvalue weighted by molar-refractivity contribution is 0.372. The lowest BCUT2D eigenvalue weighted by Crippen LogP contribution is -2.37. The van der Waals surface area contributed by atoms with E-state index in [4.69, 9.17) is 5.73 Å². The van der Waals surface area contributed by atoms with Crippen LogP contribution in [0.15, 0.2) is 22.7 Å². The molecule has 0 amide bonds. The first-order valence-electron chi connectivity index (χ1n) is 6.51. The van der Waals surface area contributed by atoms with E-state index in [1.165, 1.54) is 24.1 Å². The van der Waals surface area contributed by atoms with Crippen molar-refractivity contribution in [1.82, 2.24) is 4.90 Å². The first-order chi connectivity index (χ1) is 8.61. The quantitative estimate of drug-likeness (QED) is 0.927. The Kier molecular flexibility index (Phi) is 4.65. The van der Waals surface area contributed by atoms with Crippen LogP contribution in [-0.4, -0.2) is 38.1 Å². The summed E-state index contributed by atoms with van der Waals surface area (Å²) in [4.78, 5) is 4.79. The average molecular weight is 312 g/mol. The molecule has 1 heterocycles. The number of anilines is 1. The summed E-state index contributed by atoms with van der Waals surface area (Å²) < 4.78 is 1.12. The van der Waals surface area contributed by atoms with Crippen LogP contribution in [0.2, 0.25) is 0 Å². The molecule has 18 heavy (non-hydrogen) atoms. The highest BCUT2D eigenvalue weighted by Crippen LogP contribution is 2.29. The Bertz CT molecular complexity index is 406. The van der Waals surface area contributed by atoms with E-state index in [2.05, 4.69) is 58.0 Å². The maximum absolute atomic E-state index is 5.70. The van der Waals surface area contributed by atoms with Gasteiger partial charge in [-0.3, -0.25) is 0 Å². The van der Waals surface area contributed by atoms with Crippen molar-refractivity contribution in [1.29, 1.82) is 0 Å². The van der Waals surface area contributed by atoms with E-state index >= 15 is 0 Å². The molecule has 1 aromatic rings. The minimum atomic E-state index is 0.585. The number of nitrogens with zero attached hydrogens (tertiary/aromatic N) is 2. The standard InChI is InChI=1S/C14H22BrN3/c1-17(2)10-13-4-3-7-18(13)12-6-5-11(9-16)14(15)8-12/h5-6,8,13H,3-4,7,9-10,16H2,1-2H3. The van der Waals surface area contributed by atoms with Crippen molar-refractivity contribution in [3.05, 3.63) is 28.2 Å². The smallest absolute Gasteiger partial charge is 0.0417 e. The van der Waals surface area contributed by atoms with Crippen molar-refractivity contribution >= 4 is 21.6 Å². The number of hydrogen-bond donors (Lipinski definition) is 1. The zero-order valence-electron chi connectivity index (χ0n) is 11.2. The van der Waals surface area contributed by atoms with Crippen molar-refractivity contribution in [3.8, 4) is 0 Å². The van der Waals surface area contributed by atoms with Gasteiger partial charge >= 0.3 is 0 Å². The first-order valence-corrected chi connectivity index (χ1v) is 7.31. The fraction of sp³-hybridized carbons (Fsp3) is 0.571. The zero-order valence-corrected chi connectivity index (χ0v) is 12.8. The molecular weight excluding hydrogens is 290 g/mol. The van der Waals surface area contributed by atoms with Crippen LogP contribution in [-0.2, 0) is 6.54 Å². The van der Waals surface area contributed by atoms with Crippen molar-refractivity contribution < 1.29 is 0 Å². The highest BCUT2D eigenvalue weighted by molar-refractivity contribution is 9.10. The van der Waals surface area contributed by atoms with Gasteiger partial charge in [0, 0.05) is 35.8 Å². The highest BCUT2D eigenvalue weighted by Gasteiger charge is 2.25. The Morgan fingerprint density at radius 3 is 2.83 bits per heavy atom. The topological polar surface area (TPSA) is 32.5 Å². The highest BCUT2D eigenvalue weighted by atomic mass is 79.9. The summed E-state index contributed by atoms with van der Waals surface area (Å²) in [6, 6.07) is 7.16. The van der Waals surface area contributed by atoms with Gasteiger partial charge in [0.2, 0.25) is 0 Å². The third-order valence-electron chi connectivity index (χ3n) is 3.54. The normalized spacial score (nSPS) is 19.8. The van der Waals surface area contributed by atoms with Gasteiger partial charge in [-0.25, -0.2) is 0 Å². The minimum absolute atomic E-state index is 0.585. The van der Waals surface area contributed by atoms with Crippen molar-refractivity contribution in [2.24, 2.45) is 5.73 Å². The molecule has 1 atom stereocenters. The number of likely N-dealkylation sites (N-methyl/N-ethyl adjacent to an activating group) is 1. The van der Waals surface area contributed by atoms with Gasteiger partial charge in [-0.1, -0.05) is 22.0 Å². The first kappa shape index (κ1) is 13.8. The van der Waals surface area contributed by atoms with Gasteiger partial charge < -0.3 is 15.5 Å². The predicted octanol–water partition coefficient (Wildman–Crippen LogP) is 2.44. The van der Waals surface area contributed by atoms with E-state index in [1.807, 2.05) is 0 Å². The zero-order chi connectivity index (χ0) is 13.1. The van der Waals surface area contributed by atoms with Crippen LogP contribution in [0, 0.1) is 0 Å². The fourth-order valence-corrected chi connectivity index (χ4v) is 3.20. The van der Waals surface area contributed by atoms with Crippen LogP contribution in [0.1, 0.15) is 18.4 Å². The molecule has 1 saturated heterocycles. The van der Waals surface area contributed by atoms with Crippen LogP contribution in [0.5, 0.6) is 0 Å². The van der Waals surface area contributed by atoms with E-state index in [-0.39, 0.29) is 0 Å². The number of nitrogens with two attached hydrogens (primary N) is 1. The fourth-order valence-electron chi connectivity index (χ4n) is 2.67. The predicted molar refractivity (Wildman–Crippen MR) is 81.0 cm³/mol. The van der Waals surface area contributed by atoms with Gasteiger partial charge in [-0.05, 0) is 44.6 Å². The van der Waals surface area contributed by atoms with E-state index in [0.29, 0.717) is 12.6 Å². The van der Waals surface area contributed by atoms with Gasteiger partial charge in [0.25, 0.3) is 0 Å². The molecule has 2 N–H and O–H groups in total. The number of hydrogen-bond acceptors (Lipinski definition) is 3. The lowest BCUT2D eigenvalue weighted by Gasteiger charge is -2.29. The summed E-state index contributed by atoms with van der Waals surface area (Å²) in [5.41, 5.74) is 8.17. The molecular formula is C14H22BrN3. The molecule has 1 aliphatic rings. The van der Waals surface area contributed by atoms with Crippen molar-refractivity contribution in [2.75, 3.05) is 32.1 Å². The second-order valence-corrected chi connectivity index (χ2v) is 6.09. The Labute approximate surface area is 118 Å². The van der Waals surface area contributed by atoms with Gasteiger partial charge in [-0.2, -0.15) is 0 Å². The molecule has 0 radical (unpaired) electrons. The second-order valence-electron chi connectivity index (χ2n) is 5.23. The maximum atomic E-state index is 5.70. The molecule has 2 rings (SSSR count). The molecule has 100 valence electrons. The molecule has 4 heteroatoms. The molecule has 0 bridgehead atoms. The molecule has 0 aromatic heterocycles. The summed E-state index contributed by atoms with van der Waals surface area (Å²) in [6.45, 7) is 2.87. The molecule has 3 nitrogen and oxygen atoms in total. The monoisotopic (exact) mass is 311 g/mol. The van der Waals surface area contributed by atoms with Gasteiger partial charge in [-0.15, -0.1) is 0 Å². The molecule has 0 saturated carbocycles. The summed E-state index contributed by atoms with van der Waals surface area (Å²) in [6.07, 6.45) is 2.57. The summed E-state index contributed by atoms with van der Waals surface area (Å²) in [5, 5.41) is 0. The SMILES string of the molecule is CN(C)CC1CCCN1c1ccc(CN)c(Br)c1. The second kappa shape index (κ2) is 6.04. The summed E-state index contributed by atoms with van der Waals surface area (Å²) in [7, 11) is 4.29.